The average molecular weight is 321 g/mol. The number of rotatable bonds is 5. The van der Waals surface area contributed by atoms with E-state index in [9.17, 15) is 9.59 Å². The monoisotopic (exact) mass is 321 g/mol. The van der Waals surface area contributed by atoms with Crippen molar-refractivity contribution in [1.29, 1.82) is 0 Å². The van der Waals surface area contributed by atoms with Gasteiger partial charge in [0.2, 0.25) is 5.69 Å². The predicted octanol–water partition coefficient (Wildman–Crippen LogP) is 1.38. The third-order valence-electron chi connectivity index (χ3n) is 3.28. The number of hydrogen-bond donors (Lipinski definition) is 2. The number of carbonyl (C=O) groups is 1. The molecule has 1 heterocycles. The zero-order valence-electron chi connectivity index (χ0n) is 12.7. The molecule has 7 heteroatoms. The van der Waals surface area contributed by atoms with Crippen LogP contribution in [-0.2, 0) is 6.54 Å². The highest BCUT2D eigenvalue weighted by atomic mass is 16.2. The van der Waals surface area contributed by atoms with Crippen molar-refractivity contribution in [2.75, 3.05) is 0 Å². The molecule has 1 amide bonds. The fourth-order valence-electron chi connectivity index (χ4n) is 2.04. The van der Waals surface area contributed by atoms with Gasteiger partial charge in [0.05, 0.1) is 6.21 Å². The second-order valence-corrected chi connectivity index (χ2v) is 5.00. The van der Waals surface area contributed by atoms with Crippen LogP contribution >= 0.6 is 0 Å². The SMILES string of the molecule is O=C(NCc1ccccc1)c1n[nH]n(/N=C\c2ccccc2)c1=O. The van der Waals surface area contributed by atoms with Crippen LogP contribution in [0, 0.1) is 0 Å². The summed E-state index contributed by atoms with van der Waals surface area (Å²) < 4.78 is 0. The van der Waals surface area contributed by atoms with Crippen LogP contribution in [0.15, 0.2) is 70.6 Å². The predicted molar refractivity (Wildman–Crippen MR) is 89.9 cm³/mol. The molecule has 0 unspecified atom stereocenters. The molecule has 0 atom stereocenters. The molecule has 7 nitrogen and oxygen atoms in total. The van der Waals surface area contributed by atoms with E-state index < -0.39 is 11.5 Å². The van der Waals surface area contributed by atoms with Gasteiger partial charge in [0, 0.05) is 6.54 Å². The zero-order valence-corrected chi connectivity index (χ0v) is 12.7. The van der Waals surface area contributed by atoms with E-state index in [1.165, 1.54) is 6.21 Å². The summed E-state index contributed by atoms with van der Waals surface area (Å²) in [5.41, 5.74) is 0.932. The lowest BCUT2D eigenvalue weighted by Crippen LogP contribution is -2.29. The van der Waals surface area contributed by atoms with E-state index in [0.717, 1.165) is 15.9 Å². The molecule has 0 bridgehead atoms. The number of H-pyrrole nitrogens is 1. The van der Waals surface area contributed by atoms with Gasteiger partial charge in [0.25, 0.3) is 5.91 Å². The smallest absolute Gasteiger partial charge is 0.320 e. The lowest BCUT2D eigenvalue weighted by Gasteiger charge is -2.01. The molecule has 0 aliphatic carbocycles. The number of nitrogens with one attached hydrogen (secondary N) is 2. The maximum atomic E-state index is 12.1. The molecule has 0 aliphatic heterocycles. The quantitative estimate of drug-likeness (QED) is 0.695. The van der Waals surface area contributed by atoms with Crippen LogP contribution in [0.25, 0.3) is 0 Å². The summed E-state index contributed by atoms with van der Waals surface area (Å²) in [5.74, 6) is -0.547. The Morgan fingerprint density at radius 1 is 1.12 bits per heavy atom. The summed E-state index contributed by atoms with van der Waals surface area (Å²) in [4.78, 5) is 25.1. The van der Waals surface area contributed by atoms with Crippen molar-refractivity contribution >= 4 is 12.1 Å². The highest BCUT2D eigenvalue weighted by Crippen LogP contribution is 1.98. The summed E-state index contributed by atoms with van der Waals surface area (Å²) in [7, 11) is 0. The van der Waals surface area contributed by atoms with E-state index in [1.807, 2.05) is 60.7 Å². The number of aromatic nitrogens is 3. The zero-order chi connectivity index (χ0) is 16.8. The topological polar surface area (TPSA) is 92.1 Å². The fourth-order valence-corrected chi connectivity index (χ4v) is 2.04. The molecule has 24 heavy (non-hydrogen) atoms. The van der Waals surface area contributed by atoms with Crippen molar-refractivity contribution in [3.8, 4) is 0 Å². The summed E-state index contributed by atoms with van der Waals surface area (Å²) in [6, 6.07) is 18.7. The number of carbonyl (C=O) groups excluding carboxylic acids is 1. The van der Waals surface area contributed by atoms with Crippen molar-refractivity contribution in [3.05, 3.63) is 87.8 Å². The minimum absolute atomic E-state index is 0.226. The largest absolute Gasteiger partial charge is 0.346 e. The first-order valence-corrected chi connectivity index (χ1v) is 7.33. The second-order valence-electron chi connectivity index (χ2n) is 5.00. The standard InChI is InChI=1S/C17H15N5O2/c23-16(18-11-13-7-3-1-4-8-13)15-17(24)22(21-20-15)19-12-14-9-5-2-6-10-14/h1-10,12,21H,11H2,(H,18,23)/b19-12-. The molecule has 0 saturated carbocycles. The van der Waals surface area contributed by atoms with E-state index in [2.05, 4.69) is 20.7 Å². The Bertz CT molecular complexity index is 897. The first-order valence-electron chi connectivity index (χ1n) is 7.33. The first kappa shape index (κ1) is 15.4. The van der Waals surface area contributed by atoms with Crippen LogP contribution < -0.4 is 10.9 Å². The van der Waals surface area contributed by atoms with Crippen LogP contribution in [0.3, 0.4) is 0 Å². The second kappa shape index (κ2) is 7.19. The van der Waals surface area contributed by atoms with Crippen molar-refractivity contribution in [1.82, 2.24) is 20.4 Å². The van der Waals surface area contributed by atoms with E-state index in [1.54, 1.807) is 0 Å². The van der Waals surface area contributed by atoms with E-state index >= 15 is 0 Å². The minimum atomic E-state index is -0.604. The van der Waals surface area contributed by atoms with Crippen LogP contribution in [0.1, 0.15) is 21.6 Å². The lowest BCUT2D eigenvalue weighted by molar-refractivity contribution is 0.0944. The highest BCUT2D eigenvalue weighted by molar-refractivity contribution is 5.91. The van der Waals surface area contributed by atoms with E-state index in [0.29, 0.717) is 6.54 Å². The van der Waals surface area contributed by atoms with Crippen LogP contribution in [0.5, 0.6) is 0 Å². The molecule has 0 saturated heterocycles. The molecule has 3 aromatic rings. The molecule has 0 spiro atoms. The molecule has 2 aromatic carbocycles. The average Bonchev–Trinajstić information content (AvgIpc) is 3.00. The molecule has 1 aromatic heterocycles. The summed E-state index contributed by atoms with van der Waals surface area (Å²) >= 11 is 0. The Morgan fingerprint density at radius 3 is 2.50 bits per heavy atom. The molecule has 0 aliphatic rings. The third kappa shape index (κ3) is 3.64. The number of nitrogens with zero attached hydrogens (tertiary/aromatic N) is 3. The van der Waals surface area contributed by atoms with E-state index in [4.69, 9.17) is 0 Å². The molecule has 120 valence electrons. The summed E-state index contributed by atoms with van der Waals surface area (Å²) in [6.45, 7) is 0.319. The van der Waals surface area contributed by atoms with Gasteiger partial charge >= 0.3 is 5.56 Å². The van der Waals surface area contributed by atoms with Gasteiger partial charge in [-0.1, -0.05) is 60.7 Å². The van der Waals surface area contributed by atoms with Gasteiger partial charge in [-0.2, -0.15) is 10.3 Å². The molecule has 2 N–H and O–H groups in total. The van der Waals surface area contributed by atoms with Crippen LogP contribution in [0.2, 0.25) is 0 Å². The first-order chi connectivity index (χ1) is 11.7. The Kier molecular flexibility index (Phi) is 4.62. The molecule has 0 fully saturated rings. The maximum absolute atomic E-state index is 12.1. The van der Waals surface area contributed by atoms with Gasteiger partial charge in [-0.15, -0.1) is 9.89 Å². The number of amides is 1. The lowest BCUT2D eigenvalue weighted by atomic mass is 10.2. The van der Waals surface area contributed by atoms with Crippen LogP contribution in [0.4, 0.5) is 0 Å². The fraction of sp³-hybridized carbons (Fsp3) is 0.0588. The molecular formula is C17H15N5O2. The molecule has 3 rings (SSSR count). The molecule has 0 radical (unpaired) electrons. The Hall–Kier alpha value is -3.48. The van der Waals surface area contributed by atoms with Crippen LogP contribution in [-0.4, -0.2) is 27.2 Å². The van der Waals surface area contributed by atoms with Gasteiger partial charge in [0.15, 0.2) is 0 Å². The number of aromatic amines is 1. The summed E-state index contributed by atoms with van der Waals surface area (Å²) in [5, 5.41) is 12.8. The van der Waals surface area contributed by atoms with Gasteiger partial charge in [-0.3, -0.25) is 9.59 Å². The number of hydrogen-bond acceptors (Lipinski definition) is 4. The van der Waals surface area contributed by atoms with Gasteiger partial charge in [-0.25, -0.2) is 0 Å². The van der Waals surface area contributed by atoms with Crippen molar-refractivity contribution in [2.24, 2.45) is 5.10 Å². The van der Waals surface area contributed by atoms with Gasteiger partial charge in [0.1, 0.15) is 0 Å². The Morgan fingerprint density at radius 2 is 1.79 bits per heavy atom. The normalized spacial score (nSPS) is 10.8. The van der Waals surface area contributed by atoms with Crippen molar-refractivity contribution < 1.29 is 4.79 Å². The van der Waals surface area contributed by atoms with Crippen molar-refractivity contribution in [2.45, 2.75) is 6.54 Å². The maximum Gasteiger partial charge on any atom is 0.320 e. The third-order valence-corrected chi connectivity index (χ3v) is 3.28. The van der Waals surface area contributed by atoms with Gasteiger partial charge in [-0.05, 0) is 11.1 Å². The molecular weight excluding hydrogens is 306 g/mol. The number of benzene rings is 2. The Labute approximate surface area is 137 Å². The minimum Gasteiger partial charge on any atom is -0.346 e. The van der Waals surface area contributed by atoms with Crippen molar-refractivity contribution in [3.63, 3.8) is 0 Å². The Balaban J connectivity index is 1.69. The van der Waals surface area contributed by atoms with E-state index in [-0.39, 0.29) is 5.69 Å². The van der Waals surface area contributed by atoms with Gasteiger partial charge < -0.3 is 5.32 Å². The highest BCUT2D eigenvalue weighted by Gasteiger charge is 2.16. The summed E-state index contributed by atoms with van der Waals surface area (Å²) in [6.07, 6.45) is 1.51.